The van der Waals surface area contributed by atoms with E-state index in [1.807, 2.05) is 30.3 Å². The van der Waals surface area contributed by atoms with Crippen molar-refractivity contribution in [3.05, 3.63) is 64.1 Å². The first-order valence-electron chi connectivity index (χ1n) is 6.34. The zero-order chi connectivity index (χ0) is 15.5. The Labute approximate surface area is 131 Å². The van der Waals surface area contributed by atoms with E-state index in [2.05, 4.69) is 15.9 Å². The quantitative estimate of drug-likeness (QED) is 0.866. The summed E-state index contributed by atoms with van der Waals surface area (Å²) in [4.78, 5) is 11.0. The van der Waals surface area contributed by atoms with E-state index < -0.39 is 11.6 Å². The predicted molar refractivity (Wildman–Crippen MR) is 82.6 cm³/mol. The highest BCUT2D eigenvalue weighted by Gasteiger charge is 2.24. The minimum atomic E-state index is -1.17. The fraction of sp³-hybridized carbons (Fsp3) is 0.188. The van der Waals surface area contributed by atoms with Gasteiger partial charge in [-0.2, -0.15) is 0 Å². The largest absolute Gasteiger partial charge is 0.489 e. The van der Waals surface area contributed by atoms with Gasteiger partial charge in [0, 0.05) is 0 Å². The van der Waals surface area contributed by atoms with Crippen LogP contribution in [-0.2, 0) is 5.60 Å². The number of carbonyl (C=O) groups is 1. The summed E-state index contributed by atoms with van der Waals surface area (Å²) in [5.74, 6) is -0.645. The van der Waals surface area contributed by atoms with E-state index in [4.69, 9.17) is 9.84 Å². The molecule has 2 N–H and O–H groups in total. The minimum Gasteiger partial charge on any atom is -0.489 e. The number of halogens is 1. The van der Waals surface area contributed by atoms with Crippen LogP contribution in [0.3, 0.4) is 0 Å². The molecule has 0 bridgehead atoms. The molecule has 0 fully saturated rings. The molecule has 0 radical (unpaired) electrons. The Morgan fingerprint density at radius 1 is 1.24 bits per heavy atom. The summed E-state index contributed by atoms with van der Waals surface area (Å²) in [6, 6.07) is 13.7. The van der Waals surface area contributed by atoms with Gasteiger partial charge in [0.25, 0.3) is 0 Å². The number of aromatic carboxylic acids is 1. The van der Waals surface area contributed by atoms with Crippen LogP contribution in [0.4, 0.5) is 0 Å². The molecule has 0 aliphatic carbocycles. The van der Waals surface area contributed by atoms with E-state index in [0.717, 1.165) is 5.56 Å². The highest BCUT2D eigenvalue weighted by Crippen LogP contribution is 2.28. The first-order valence-corrected chi connectivity index (χ1v) is 7.13. The van der Waals surface area contributed by atoms with E-state index in [-0.39, 0.29) is 12.2 Å². The van der Waals surface area contributed by atoms with Crippen molar-refractivity contribution in [3.63, 3.8) is 0 Å². The molecular formula is C16H15BrO4. The molecule has 0 spiro atoms. The molecule has 0 aliphatic rings. The average Bonchev–Trinajstić information content (AvgIpc) is 2.47. The third-order valence-corrected chi connectivity index (χ3v) is 3.74. The van der Waals surface area contributed by atoms with Crippen molar-refractivity contribution in [2.24, 2.45) is 0 Å². The van der Waals surface area contributed by atoms with Crippen LogP contribution in [0.25, 0.3) is 0 Å². The first-order chi connectivity index (χ1) is 9.90. The maximum absolute atomic E-state index is 11.0. The molecular weight excluding hydrogens is 336 g/mol. The summed E-state index contributed by atoms with van der Waals surface area (Å²) in [7, 11) is 0. The van der Waals surface area contributed by atoms with E-state index in [1.165, 1.54) is 12.1 Å². The van der Waals surface area contributed by atoms with Crippen LogP contribution >= 0.6 is 15.9 Å². The standard InChI is InChI=1S/C16H15BrO4/c1-16(20,12-5-3-2-4-6-12)10-21-14-9-11(15(18)19)7-8-13(14)17/h2-9,20H,10H2,1H3,(H,18,19). The van der Waals surface area contributed by atoms with E-state index in [9.17, 15) is 9.90 Å². The minimum absolute atomic E-state index is 0.0126. The van der Waals surface area contributed by atoms with Crippen LogP contribution < -0.4 is 4.74 Å². The van der Waals surface area contributed by atoms with Crippen molar-refractivity contribution >= 4 is 21.9 Å². The van der Waals surface area contributed by atoms with Crippen molar-refractivity contribution in [2.45, 2.75) is 12.5 Å². The maximum Gasteiger partial charge on any atom is 0.335 e. The molecule has 4 nitrogen and oxygen atoms in total. The van der Waals surface area contributed by atoms with Gasteiger partial charge in [-0.25, -0.2) is 4.79 Å². The number of aliphatic hydroxyl groups is 1. The molecule has 0 aliphatic heterocycles. The molecule has 0 saturated carbocycles. The molecule has 0 aromatic heterocycles. The lowest BCUT2D eigenvalue weighted by Crippen LogP contribution is -2.29. The van der Waals surface area contributed by atoms with Gasteiger partial charge in [-0.15, -0.1) is 0 Å². The molecule has 2 aromatic carbocycles. The van der Waals surface area contributed by atoms with E-state index in [1.54, 1.807) is 13.0 Å². The Bertz CT molecular complexity index is 638. The Morgan fingerprint density at radius 2 is 1.90 bits per heavy atom. The summed E-state index contributed by atoms with van der Waals surface area (Å²) in [6.45, 7) is 1.66. The lowest BCUT2D eigenvalue weighted by Gasteiger charge is -2.24. The topological polar surface area (TPSA) is 66.8 Å². The third kappa shape index (κ3) is 3.83. The Balaban J connectivity index is 2.16. The van der Waals surface area contributed by atoms with Gasteiger partial charge in [-0.05, 0) is 46.6 Å². The number of ether oxygens (including phenoxy) is 1. The summed E-state index contributed by atoms with van der Waals surface area (Å²) in [5.41, 5.74) is -0.303. The van der Waals surface area contributed by atoms with Gasteiger partial charge in [0.15, 0.2) is 0 Å². The average molecular weight is 351 g/mol. The number of carboxylic acid groups (broad SMARTS) is 1. The van der Waals surface area contributed by atoms with Crippen LogP contribution in [0, 0.1) is 0 Å². The number of benzene rings is 2. The molecule has 0 saturated heterocycles. The van der Waals surface area contributed by atoms with Crippen molar-refractivity contribution in [3.8, 4) is 5.75 Å². The van der Waals surface area contributed by atoms with Crippen LogP contribution in [0.2, 0.25) is 0 Å². The highest BCUT2D eigenvalue weighted by molar-refractivity contribution is 9.10. The number of carboxylic acids is 1. The Morgan fingerprint density at radius 3 is 2.52 bits per heavy atom. The molecule has 0 amide bonds. The van der Waals surface area contributed by atoms with Gasteiger partial charge in [-0.1, -0.05) is 30.3 Å². The van der Waals surface area contributed by atoms with Crippen molar-refractivity contribution in [1.82, 2.24) is 0 Å². The third-order valence-electron chi connectivity index (χ3n) is 3.08. The number of hydrogen-bond acceptors (Lipinski definition) is 3. The van der Waals surface area contributed by atoms with Crippen LogP contribution in [0.5, 0.6) is 5.75 Å². The second kappa shape index (κ2) is 6.28. The van der Waals surface area contributed by atoms with Crippen molar-refractivity contribution < 1.29 is 19.7 Å². The molecule has 110 valence electrons. The van der Waals surface area contributed by atoms with Crippen LogP contribution in [0.15, 0.2) is 53.0 Å². The van der Waals surface area contributed by atoms with E-state index in [0.29, 0.717) is 10.2 Å². The smallest absolute Gasteiger partial charge is 0.335 e. The normalized spacial score (nSPS) is 13.5. The molecule has 1 unspecified atom stereocenters. The Kier molecular flexibility index (Phi) is 4.65. The molecule has 1 atom stereocenters. The monoisotopic (exact) mass is 350 g/mol. The van der Waals surface area contributed by atoms with Gasteiger partial charge in [0.1, 0.15) is 18.0 Å². The second-order valence-electron chi connectivity index (χ2n) is 4.88. The van der Waals surface area contributed by atoms with Crippen LogP contribution in [0.1, 0.15) is 22.8 Å². The highest BCUT2D eigenvalue weighted by atomic mass is 79.9. The van der Waals surface area contributed by atoms with Gasteiger partial charge in [0.2, 0.25) is 0 Å². The fourth-order valence-corrected chi connectivity index (χ4v) is 2.21. The Hall–Kier alpha value is -1.85. The lowest BCUT2D eigenvalue weighted by molar-refractivity contribution is 0.00733. The zero-order valence-corrected chi connectivity index (χ0v) is 13.0. The summed E-state index contributed by atoms with van der Waals surface area (Å²) in [6.07, 6.45) is 0. The SMILES string of the molecule is CC(O)(COc1cc(C(=O)O)ccc1Br)c1ccccc1. The van der Waals surface area contributed by atoms with Gasteiger partial charge in [-0.3, -0.25) is 0 Å². The van der Waals surface area contributed by atoms with Crippen molar-refractivity contribution in [2.75, 3.05) is 6.61 Å². The second-order valence-corrected chi connectivity index (χ2v) is 5.73. The molecule has 21 heavy (non-hydrogen) atoms. The fourth-order valence-electron chi connectivity index (χ4n) is 1.85. The van der Waals surface area contributed by atoms with Gasteiger partial charge in [0.05, 0.1) is 10.0 Å². The predicted octanol–water partition coefficient (Wildman–Crippen LogP) is 3.43. The lowest BCUT2D eigenvalue weighted by atomic mass is 9.97. The van der Waals surface area contributed by atoms with Gasteiger partial charge < -0.3 is 14.9 Å². The number of rotatable bonds is 5. The van der Waals surface area contributed by atoms with Crippen LogP contribution in [-0.4, -0.2) is 22.8 Å². The molecule has 5 heteroatoms. The summed E-state index contributed by atoms with van der Waals surface area (Å²) in [5, 5.41) is 19.4. The van der Waals surface area contributed by atoms with Crippen molar-refractivity contribution in [1.29, 1.82) is 0 Å². The zero-order valence-electron chi connectivity index (χ0n) is 11.4. The van der Waals surface area contributed by atoms with Gasteiger partial charge >= 0.3 is 5.97 Å². The number of hydrogen-bond donors (Lipinski definition) is 2. The molecule has 0 heterocycles. The summed E-state index contributed by atoms with van der Waals surface area (Å²) >= 11 is 3.30. The summed E-state index contributed by atoms with van der Waals surface area (Å²) < 4.78 is 6.22. The van der Waals surface area contributed by atoms with E-state index >= 15 is 0 Å². The molecule has 2 aromatic rings. The molecule has 2 rings (SSSR count). The maximum atomic E-state index is 11.0. The first kappa shape index (κ1) is 15.5.